The van der Waals surface area contributed by atoms with Gasteiger partial charge >= 0.3 is 4.87 Å². The summed E-state index contributed by atoms with van der Waals surface area (Å²) >= 11 is 13.0. The third-order valence-corrected chi connectivity index (χ3v) is 3.84. The Balaban J connectivity index is 2.02. The van der Waals surface area contributed by atoms with Crippen LogP contribution < -0.4 is 15.9 Å². The molecule has 0 saturated heterocycles. The topological polar surface area (TPSA) is 77.1 Å². The highest BCUT2D eigenvalue weighted by molar-refractivity contribution is 7.07. The van der Waals surface area contributed by atoms with Crippen LogP contribution in [0.2, 0.25) is 10.0 Å². The Morgan fingerprint density at radius 2 is 2.00 bits per heavy atom. The van der Waals surface area contributed by atoms with Crippen LogP contribution in [0, 0.1) is 0 Å². The number of amides is 1. The molecule has 1 amide bonds. The minimum absolute atomic E-state index is 0.0960. The van der Waals surface area contributed by atoms with Crippen molar-refractivity contribution in [2.75, 3.05) is 11.1 Å². The minimum atomic E-state index is -0.281. The molecule has 0 bridgehead atoms. The first kappa shape index (κ1) is 14.9. The molecule has 0 fully saturated rings. The molecule has 0 radical (unpaired) electrons. The molecule has 8 heteroatoms. The largest absolute Gasteiger partial charge is 0.399 e. The highest BCUT2D eigenvalue weighted by Crippen LogP contribution is 2.32. The average molecular weight is 332 g/mol. The van der Waals surface area contributed by atoms with Gasteiger partial charge in [0.1, 0.15) is 0 Å². The predicted molar refractivity (Wildman–Crippen MR) is 82.7 cm³/mol. The van der Waals surface area contributed by atoms with Crippen molar-refractivity contribution in [1.29, 1.82) is 0 Å². The number of aryl methyl sites for hydroxylation is 1. The molecule has 0 atom stereocenters. The zero-order valence-corrected chi connectivity index (χ0v) is 12.6. The fourth-order valence-corrected chi connectivity index (χ4v) is 2.80. The van der Waals surface area contributed by atoms with Crippen molar-refractivity contribution in [3.63, 3.8) is 0 Å². The second-order valence-corrected chi connectivity index (χ2v) is 5.69. The van der Waals surface area contributed by atoms with Gasteiger partial charge in [0, 0.05) is 30.2 Å². The van der Waals surface area contributed by atoms with E-state index >= 15 is 0 Å². The molecule has 1 aromatic carbocycles. The van der Waals surface area contributed by atoms with Gasteiger partial charge in [-0.3, -0.25) is 9.59 Å². The van der Waals surface area contributed by atoms with Crippen molar-refractivity contribution in [3.05, 3.63) is 43.4 Å². The first-order chi connectivity index (χ1) is 9.47. The SMILES string of the molecule is Nc1cc(Cl)c(NC(=O)CCn2ccsc2=O)c(Cl)c1. The van der Waals surface area contributed by atoms with E-state index in [1.807, 2.05) is 0 Å². The number of halogens is 2. The number of hydrogen-bond acceptors (Lipinski definition) is 4. The standard InChI is InChI=1S/C12H11Cl2N3O2S/c13-8-5-7(15)6-9(14)11(8)16-10(18)1-2-17-3-4-20-12(17)19/h3-6H,1-2,15H2,(H,16,18). The van der Waals surface area contributed by atoms with Crippen LogP contribution in [0.1, 0.15) is 6.42 Å². The number of carbonyl (C=O) groups is 1. The lowest BCUT2D eigenvalue weighted by Crippen LogP contribution is -2.19. The molecular formula is C12H11Cl2N3O2S. The smallest absolute Gasteiger partial charge is 0.307 e. The lowest BCUT2D eigenvalue weighted by molar-refractivity contribution is -0.116. The van der Waals surface area contributed by atoms with E-state index in [1.54, 1.807) is 11.6 Å². The van der Waals surface area contributed by atoms with Gasteiger partial charge in [0.15, 0.2) is 0 Å². The maximum absolute atomic E-state index is 11.8. The summed E-state index contributed by atoms with van der Waals surface area (Å²) in [6.07, 6.45) is 1.79. The van der Waals surface area contributed by atoms with Crippen molar-refractivity contribution < 1.29 is 4.79 Å². The molecule has 5 nitrogen and oxygen atoms in total. The van der Waals surface area contributed by atoms with E-state index in [9.17, 15) is 9.59 Å². The molecule has 106 valence electrons. The van der Waals surface area contributed by atoms with Gasteiger partial charge in [-0.2, -0.15) is 0 Å². The lowest BCUT2D eigenvalue weighted by atomic mass is 10.2. The van der Waals surface area contributed by atoms with Crippen LogP contribution in [0.4, 0.5) is 11.4 Å². The van der Waals surface area contributed by atoms with E-state index < -0.39 is 0 Å². The van der Waals surface area contributed by atoms with Crippen LogP contribution in [0.25, 0.3) is 0 Å². The number of nitrogens with zero attached hydrogens (tertiary/aromatic N) is 1. The first-order valence-electron chi connectivity index (χ1n) is 5.65. The Kier molecular flexibility index (Phi) is 4.69. The molecule has 0 aliphatic rings. The maximum Gasteiger partial charge on any atom is 0.307 e. The van der Waals surface area contributed by atoms with Gasteiger partial charge in [-0.15, -0.1) is 0 Å². The molecule has 2 aromatic rings. The van der Waals surface area contributed by atoms with Crippen LogP contribution in [0.15, 0.2) is 28.5 Å². The third-order valence-electron chi connectivity index (χ3n) is 2.55. The lowest BCUT2D eigenvalue weighted by Gasteiger charge is -2.10. The van der Waals surface area contributed by atoms with Gasteiger partial charge in [-0.1, -0.05) is 34.5 Å². The van der Waals surface area contributed by atoms with Crippen LogP contribution in [0.5, 0.6) is 0 Å². The molecule has 0 unspecified atom stereocenters. The van der Waals surface area contributed by atoms with Crippen molar-refractivity contribution >= 4 is 51.8 Å². The van der Waals surface area contributed by atoms with Gasteiger partial charge in [-0.05, 0) is 12.1 Å². The normalized spacial score (nSPS) is 10.5. The molecule has 2 rings (SSSR count). The van der Waals surface area contributed by atoms with Crippen molar-refractivity contribution in [2.24, 2.45) is 0 Å². The van der Waals surface area contributed by atoms with Crippen LogP contribution in [-0.2, 0) is 11.3 Å². The molecule has 1 aromatic heterocycles. The number of nitrogens with two attached hydrogens (primary N) is 1. The Morgan fingerprint density at radius 3 is 2.55 bits per heavy atom. The number of hydrogen-bond donors (Lipinski definition) is 2. The molecule has 1 heterocycles. The Bertz CT molecular complexity index is 673. The summed E-state index contributed by atoms with van der Waals surface area (Å²) in [7, 11) is 0. The predicted octanol–water partition coefficient (Wildman–Crippen LogP) is 2.83. The summed E-state index contributed by atoms with van der Waals surface area (Å²) < 4.78 is 1.47. The molecule has 0 spiro atoms. The summed E-state index contributed by atoms with van der Waals surface area (Å²) in [5.74, 6) is -0.281. The van der Waals surface area contributed by atoms with E-state index in [0.29, 0.717) is 17.9 Å². The molecular weight excluding hydrogens is 321 g/mol. The quantitative estimate of drug-likeness (QED) is 0.845. The van der Waals surface area contributed by atoms with Crippen LogP contribution >= 0.6 is 34.5 Å². The maximum atomic E-state index is 11.8. The first-order valence-corrected chi connectivity index (χ1v) is 7.29. The van der Waals surface area contributed by atoms with E-state index in [0.717, 1.165) is 11.3 Å². The number of benzene rings is 1. The monoisotopic (exact) mass is 331 g/mol. The fourth-order valence-electron chi connectivity index (χ4n) is 1.59. The molecule has 0 aliphatic carbocycles. The number of nitrogen functional groups attached to an aromatic ring is 1. The average Bonchev–Trinajstić information content (AvgIpc) is 2.77. The zero-order valence-electron chi connectivity index (χ0n) is 10.2. The van der Waals surface area contributed by atoms with Gasteiger partial charge in [0.05, 0.1) is 15.7 Å². The number of rotatable bonds is 4. The van der Waals surface area contributed by atoms with Gasteiger partial charge < -0.3 is 15.6 Å². The number of aromatic nitrogens is 1. The fraction of sp³-hybridized carbons (Fsp3) is 0.167. The van der Waals surface area contributed by atoms with Crippen molar-refractivity contribution in [2.45, 2.75) is 13.0 Å². The molecule has 0 saturated carbocycles. The Hall–Kier alpha value is -1.50. The summed E-state index contributed by atoms with van der Waals surface area (Å²) in [5, 5.41) is 4.84. The molecule has 3 N–H and O–H groups in total. The number of thiazole rings is 1. The number of anilines is 2. The zero-order chi connectivity index (χ0) is 14.7. The highest BCUT2D eigenvalue weighted by atomic mass is 35.5. The Morgan fingerprint density at radius 1 is 1.35 bits per heavy atom. The van der Waals surface area contributed by atoms with Crippen molar-refractivity contribution in [3.8, 4) is 0 Å². The molecule has 0 aliphatic heterocycles. The summed E-state index contributed by atoms with van der Waals surface area (Å²) in [6.45, 7) is 0.304. The van der Waals surface area contributed by atoms with E-state index in [1.165, 1.54) is 16.7 Å². The Labute approximate surface area is 128 Å². The second-order valence-electron chi connectivity index (χ2n) is 4.02. The van der Waals surface area contributed by atoms with Gasteiger partial charge in [0.2, 0.25) is 5.91 Å². The summed E-state index contributed by atoms with van der Waals surface area (Å²) in [4.78, 5) is 23.1. The van der Waals surface area contributed by atoms with E-state index in [2.05, 4.69) is 5.32 Å². The highest BCUT2D eigenvalue weighted by Gasteiger charge is 2.11. The van der Waals surface area contributed by atoms with Gasteiger partial charge in [-0.25, -0.2) is 0 Å². The van der Waals surface area contributed by atoms with Crippen LogP contribution in [0.3, 0.4) is 0 Å². The molecule has 20 heavy (non-hydrogen) atoms. The number of nitrogens with one attached hydrogen (secondary N) is 1. The summed E-state index contributed by atoms with van der Waals surface area (Å²) in [6, 6.07) is 3.01. The summed E-state index contributed by atoms with van der Waals surface area (Å²) in [5.41, 5.74) is 6.32. The van der Waals surface area contributed by atoms with E-state index in [4.69, 9.17) is 28.9 Å². The van der Waals surface area contributed by atoms with E-state index in [-0.39, 0.29) is 27.2 Å². The number of carbonyl (C=O) groups excluding carboxylic acids is 1. The van der Waals surface area contributed by atoms with Gasteiger partial charge in [0.25, 0.3) is 0 Å². The van der Waals surface area contributed by atoms with Crippen molar-refractivity contribution in [1.82, 2.24) is 4.57 Å². The third kappa shape index (κ3) is 3.53. The minimum Gasteiger partial charge on any atom is -0.399 e. The van der Waals surface area contributed by atoms with Crippen LogP contribution in [-0.4, -0.2) is 10.5 Å². The second kappa shape index (κ2) is 6.30.